The number of pyridine rings is 1. The number of primary amides is 1. The van der Waals surface area contributed by atoms with E-state index in [1.54, 1.807) is 0 Å². The van der Waals surface area contributed by atoms with Gasteiger partial charge in [-0.2, -0.15) is 0 Å². The molecule has 0 aliphatic heterocycles. The van der Waals surface area contributed by atoms with Gasteiger partial charge in [0, 0.05) is 24.0 Å². The van der Waals surface area contributed by atoms with Gasteiger partial charge in [-0.25, -0.2) is 0 Å². The molecule has 1 amide bonds. The van der Waals surface area contributed by atoms with Gasteiger partial charge in [0.1, 0.15) is 0 Å². The van der Waals surface area contributed by atoms with Gasteiger partial charge in [-0.05, 0) is 37.6 Å². The number of hydrogen-bond acceptors (Lipinski definition) is 3. The van der Waals surface area contributed by atoms with Crippen molar-refractivity contribution in [1.82, 2.24) is 10.3 Å². The number of aryl methyl sites for hydroxylation is 1. The highest BCUT2D eigenvalue weighted by atomic mass is 16.1. The van der Waals surface area contributed by atoms with Crippen LogP contribution in [0.3, 0.4) is 0 Å². The van der Waals surface area contributed by atoms with Crippen LogP contribution in [0.5, 0.6) is 0 Å². The Hall–Kier alpha value is -1.94. The van der Waals surface area contributed by atoms with E-state index in [2.05, 4.69) is 22.4 Å². The van der Waals surface area contributed by atoms with E-state index in [4.69, 9.17) is 5.73 Å². The van der Waals surface area contributed by atoms with Crippen LogP contribution in [-0.2, 0) is 11.3 Å². The number of nitrogens with zero attached hydrogens (tertiary/aromatic N) is 1. The zero-order chi connectivity index (χ0) is 13.7. The molecule has 0 aliphatic rings. The number of amides is 1. The molecule has 0 radical (unpaired) electrons. The number of nitrogens with one attached hydrogen (secondary N) is 1. The Kier molecular flexibility index (Phi) is 4.47. The Bertz CT molecular complexity index is 581. The van der Waals surface area contributed by atoms with Crippen LogP contribution in [0, 0.1) is 6.92 Å². The monoisotopic (exact) mass is 257 g/mol. The molecule has 0 bridgehead atoms. The molecule has 100 valence electrons. The summed E-state index contributed by atoms with van der Waals surface area (Å²) in [7, 11) is 0. The summed E-state index contributed by atoms with van der Waals surface area (Å²) in [5, 5.41) is 4.52. The highest BCUT2D eigenvalue weighted by molar-refractivity contribution is 5.82. The number of hydrogen-bond donors (Lipinski definition) is 2. The van der Waals surface area contributed by atoms with E-state index in [1.807, 2.05) is 25.1 Å². The number of nitrogens with two attached hydrogens (primary N) is 1. The predicted octanol–water partition coefficient (Wildman–Crippen LogP) is 1.90. The maximum absolute atomic E-state index is 10.6. The van der Waals surface area contributed by atoms with Gasteiger partial charge in [0.05, 0.1) is 5.52 Å². The Morgan fingerprint density at radius 2 is 2.16 bits per heavy atom. The average Bonchev–Trinajstić information content (AvgIpc) is 2.37. The van der Waals surface area contributed by atoms with Gasteiger partial charge >= 0.3 is 0 Å². The largest absolute Gasteiger partial charge is 0.370 e. The Morgan fingerprint density at radius 3 is 2.95 bits per heavy atom. The maximum Gasteiger partial charge on any atom is 0.217 e. The number of para-hydroxylation sites is 1. The van der Waals surface area contributed by atoms with Crippen LogP contribution in [0.2, 0.25) is 0 Å². The first kappa shape index (κ1) is 13.5. The fourth-order valence-corrected chi connectivity index (χ4v) is 2.15. The van der Waals surface area contributed by atoms with Crippen molar-refractivity contribution in [2.24, 2.45) is 5.73 Å². The fourth-order valence-electron chi connectivity index (χ4n) is 2.15. The molecular weight excluding hydrogens is 238 g/mol. The normalized spacial score (nSPS) is 10.8. The van der Waals surface area contributed by atoms with Crippen LogP contribution in [0.1, 0.15) is 24.1 Å². The predicted molar refractivity (Wildman–Crippen MR) is 76.6 cm³/mol. The molecule has 0 saturated heterocycles. The van der Waals surface area contributed by atoms with Crippen molar-refractivity contribution < 1.29 is 4.79 Å². The SMILES string of the molecule is Cc1cc(CNCCCC(N)=O)c2ccccc2n1. The van der Waals surface area contributed by atoms with Crippen LogP contribution >= 0.6 is 0 Å². The number of benzene rings is 1. The molecule has 2 rings (SSSR count). The smallest absolute Gasteiger partial charge is 0.217 e. The lowest BCUT2D eigenvalue weighted by atomic mass is 10.1. The third-order valence-electron chi connectivity index (χ3n) is 3.02. The summed E-state index contributed by atoms with van der Waals surface area (Å²) < 4.78 is 0. The first-order valence-corrected chi connectivity index (χ1v) is 6.51. The molecule has 3 N–H and O–H groups in total. The second-order valence-corrected chi connectivity index (χ2v) is 4.69. The highest BCUT2D eigenvalue weighted by Crippen LogP contribution is 2.17. The molecule has 0 unspecified atom stereocenters. The van der Waals surface area contributed by atoms with Crippen molar-refractivity contribution in [3.63, 3.8) is 0 Å². The summed E-state index contributed by atoms with van der Waals surface area (Å²) in [4.78, 5) is 15.2. The molecule has 1 aromatic carbocycles. The molecule has 0 saturated carbocycles. The van der Waals surface area contributed by atoms with Crippen molar-refractivity contribution >= 4 is 16.8 Å². The topological polar surface area (TPSA) is 68.0 Å². The molecule has 0 atom stereocenters. The van der Waals surface area contributed by atoms with Crippen LogP contribution in [-0.4, -0.2) is 17.4 Å². The van der Waals surface area contributed by atoms with Gasteiger partial charge in [-0.1, -0.05) is 18.2 Å². The molecule has 4 nitrogen and oxygen atoms in total. The van der Waals surface area contributed by atoms with Gasteiger partial charge < -0.3 is 11.1 Å². The lowest BCUT2D eigenvalue weighted by Crippen LogP contribution is -2.18. The molecule has 2 aromatic rings. The summed E-state index contributed by atoms with van der Waals surface area (Å²) in [5.41, 5.74) is 8.39. The molecule has 4 heteroatoms. The molecule has 19 heavy (non-hydrogen) atoms. The van der Waals surface area contributed by atoms with Gasteiger partial charge in [-0.15, -0.1) is 0 Å². The number of rotatable bonds is 6. The second-order valence-electron chi connectivity index (χ2n) is 4.69. The third-order valence-corrected chi connectivity index (χ3v) is 3.02. The molecule has 1 heterocycles. The molecule has 0 spiro atoms. The first-order valence-electron chi connectivity index (χ1n) is 6.51. The standard InChI is InChI=1S/C15H19N3O/c1-11-9-12(10-17-8-4-7-15(16)19)13-5-2-3-6-14(13)18-11/h2-3,5-6,9,17H,4,7-8,10H2,1H3,(H2,16,19). The van der Waals surface area contributed by atoms with E-state index in [-0.39, 0.29) is 5.91 Å². The van der Waals surface area contributed by atoms with Crippen LogP contribution in [0.4, 0.5) is 0 Å². The van der Waals surface area contributed by atoms with Crippen LogP contribution in [0.15, 0.2) is 30.3 Å². The van der Waals surface area contributed by atoms with Crippen LogP contribution < -0.4 is 11.1 Å². The van der Waals surface area contributed by atoms with Crippen molar-refractivity contribution in [2.75, 3.05) is 6.54 Å². The summed E-state index contributed by atoms with van der Waals surface area (Å²) >= 11 is 0. The Balaban J connectivity index is 2.02. The Morgan fingerprint density at radius 1 is 1.37 bits per heavy atom. The number of carbonyl (C=O) groups is 1. The number of carbonyl (C=O) groups excluding carboxylic acids is 1. The van der Waals surface area contributed by atoms with Gasteiger partial charge in [0.25, 0.3) is 0 Å². The van der Waals surface area contributed by atoms with E-state index < -0.39 is 0 Å². The van der Waals surface area contributed by atoms with Crippen molar-refractivity contribution in [2.45, 2.75) is 26.3 Å². The van der Waals surface area contributed by atoms with Crippen molar-refractivity contribution in [3.05, 3.63) is 41.6 Å². The summed E-state index contributed by atoms with van der Waals surface area (Å²) in [6, 6.07) is 10.2. The fraction of sp³-hybridized carbons (Fsp3) is 0.333. The van der Waals surface area contributed by atoms with Crippen molar-refractivity contribution in [1.29, 1.82) is 0 Å². The summed E-state index contributed by atoms with van der Waals surface area (Å²) in [5.74, 6) is -0.244. The van der Waals surface area contributed by atoms with Crippen molar-refractivity contribution in [3.8, 4) is 0 Å². The van der Waals surface area contributed by atoms with E-state index in [0.717, 1.165) is 30.7 Å². The lowest BCUT2D eigenvalue weighted by Gasteiger charge is -2.09. The quantitative estimate of drug-likeness (QED) is 0.777. The molecular formula is C15H19N3O. The second kappa shape index (κ2) is 6.29. The zero-order valence-electron chi connectivity index (χ0n) is 11.1. The Labute approximate surface area is 113 Å². The van der Waals surface area contributed by atoms with Gasteiger partial charge in [-0.3, -0.25) is 9.78 Å². The maximum atomic E-state index is 10.6. The minimum absolute atomic E-state index is 0.244. The zero-order valence-corrected chi connectivity index (χ0v) is 11.1. The first-order chi connectivity index (χ1) is 9.16. The lowest BCUT2D eigenvalue weighted by molar-refractivity contribution is -0.118. The van der Waals surface area contributed by atoms with E-state index in [9.17, 15) is 4.79 Å². The minimum Gasteiger partial charge on any atom is -0.370 e. The van der Waals surface area contributed by atoms with Gasteiger partial charge in [0.15, 0.2) is 0 Å². The average molecular weight is 257 g/mol. The molecule has 1 aromatic heterocycles. The molecule has 0 fully saturated rings. The van der Waals surface area contributed by atoms with E-state index in [0.29, 0.717) is 6.42 Å². The summed E-state index contributed by atoms with van der Waals surface area (Å²) in [6.07, 6.45) is 1.21. The van der Waals surface area contributed by atoms with E-state index in [1.165, 1.54) is 10.9 Å². The third kappa shape index (κ3) is 3.76. The summed E-state index contributed by atoms with van der Waals surface area (Å²) in [6.45, 7) is 3.57. The van der Waals surface area contributed by atoms with Crippen LogP contribution in [0.25, 0.3) is 10.9 Å². The van der Waals surface area contributed by atoms with Gasteiger partial charge in [0.2, 0.25) is 5.91 Å². The number of aromatic nitrogens is 1. The van der Waals surface area contributed by atoms with E-state index >= 15 is 0 Å². The number of fused-ring (bicyclic) bond motifs is 1. The molecule has 0 aliphatic carbocycles. The highest BCUT2D eigenvalue weighted by Gasteiger charge is 2.03. The minimum atomic E-state index is -0.244.